The molecule has 0 radical (unpaired) electrons. The molecule has 0 bridgehead atoms. The summed E-state index contributed by atoms with van der Waals surface area (Å²) in [6.07, 6.45) is 1.92. The van der Waals surface area contributed by atoms with E-state index in [-0.39, 0.29) is 16.3 Å². The zero-order valence-electron chi connectivity index (χ0n) is 14.0. The molecule has 0 unspecified atom stereocenters. The standard InChI is InChI=1S/C16H17NO8S2/c18-17(11-5-7-25-8-6-11)10-14-12-3-1-2-4-13(12)15(26(19,20)21)9-16(14)27(22,23)24/h1-4,9-11H,5-8H2,(H,19,20,21)(H,22,23,24). The monoisotopic (exact) mass is 415 g/mol. The van der Waals surface area contributed by atoms with E-state index >= 15 is 0 Å². The van der Waals surface area contributed by atoms with Crippen molar-refractivity contribution in [2.75, 3.05) is 13.2 Å². The molecule has 0 amide bonds. The number of hydroxylamine groups is 1. The van der Waals surface area contributed by atoms with Crippen molar-refractivity contribution < 1.29 is 35.4 Å². The molecule has 2 aromatic rings. The summed E-state index contributed by atoms with van der Waals surface area (Å²) in [4.78, 5) is -1.45. The minimum absolute atomic E-state index is 0.0269. The minimum atomic E-state index is -4.88. The summed E-state index contributed by atoms with van der Waals surface area (Å²) in [6, 6.07) is 6.01. The molecular formula is C16H17NO8S2. The van der Waals surface area contributed by atoms with Crippen molar-refractivity contribution in [3.8, 4) is 0 Å². The second kappa shape index (κ2) is 7.17. The van der Waals surface area contributed by atoms with Gasteiger partial charge in [-0.3, -0.25) is 9.11 Å². The van der Waals surface area contributed by atoms with Gasteiger partial charge in [0.1, 0.15) is 9.79 Å². The quantitative estimate of drug-likeness (QED) is 0.251. The Morgan fingerprint density at radius 2 is 1.56 bits per heavy atom. The van der Waals surface area contributed by atoms with E-state index in [0.717, 1.165) is 6.21 Å². The Balaban J connectivity index is 2.34. The Morgan fingerprint density at radius 3 is 2.11 bits per heavy atom. The molecular weight excluding hydrogens is 398 g/mol. The number of fused-ring (bicyclic) bond motifs is 1. The number of hydrogen-bond donors (Lipinski definition) is 2. The van der Waals surface area contributed by atoms with Crippen LogP contribution in [-0.4, -0.2) is 56.2 Å². The summed E-state index contributed by atoms with van der Waals surface area (Å²) in [5, 5.41) is 12.7. The molecule has 0 spiro atoms. The molecule has 1 heterocycles. The van der Waals surface area contributed by atoms with E-state index in [1.54, 1.807) is 0 Å². The van der Waals surface area contributed by atoms with E-state index in [1.165, 1.54) is 24.3 Å². The molecule has 1 fully saturated rings. The Labute approximate surface area is 156 Å². The second-order valence-corrected chi connectivity index (χ2v) is 8.89. The van der Waals surface area contributed by atoms with E-state index in [1.807, 2.05) is 0 Å². The number of benzene rings is 2. The van der Waals surface area contributed by atoms with Crippen molar-refractivity contribution >= 4 is 37.2 Å². The smallest absolute Gasteiger partial charge is 0.295 e. The molecule has 1 saturated heterocycles. The van der Waals surface area contributed by atoms with Gasteiger partial charge in [0.15, 0.2) is 12.3 Å². The lowest BCUT2D eigenvalue weighted by atomic mass is 10.0. The molecule has 0 aliphatic carbocycles. The minimum Gasteiger partial charge on any atom is -0.624 e. The first-order valence-corrected chi connectivity index (χ1v) is 10.9. The fourth-order valence-electron chi connectivity index (χ4n) is 3.07. The highest BCUT2D eigenvalue weighted by molar-refractivity contribution is 7.86. The van der Waals surface area contributed by atoms with Crippen molar-refractivity contribution in [1.29, 1.82) is 0 Å². The van der Waals surface area contributed by atoms with Gasteiger partial charge in [-0.1, -0.05) is 24.3 Å². The van der Waals surface area contributed by atoms with Gasteiger partial charge >= 0.3 is 0 Å². The molecule has 0 atom stereocenters. The molecule has 27 heavy (non-hydrogen) atoms. The zero-order chi connectivity index (χ0) is 19.8. The SMILES string of the molecule is O=S(=O)(O)c1cc(S(=O)(=O)O)c2ccccc2c1C=[N+]([O-])C1CCOCC1. The molecule has 9 nitrogen and oxygen atoms in total. The third-order valence-electron chi connectivity index (χ3n) is 4.37. The Morgan fingerprint density at radius 1 is 1.00 bits per heavy atom. The number of nitrogens with zero attached hydrogens (tertiary/aromatic N) is 1. The van der Waals surface area contributed by atoms with Gasteiger partial charge in [0.2, 0.25) is 0 Å². The molecule has 0 saturated carbocycles. The predicted octanol–water partition coefficient (Wildman–Crippen LogP) is 1.44. The van der Waals surface area contributed by atoms with Crippen LogP contribution in [0.4, 0.5) is 0 Å². The molecule has 2 N–H and O–H groups in total. The topological polar surface area (TPSA) is 144 Å². The average Bonchev–Trinajstić information content (AvgIpc) is 2.60. The summed E-state index contributed by atoms with van der Waals surface area (Å²) in [7, 11) is -9.66. The summed E-state index contributed by atoms with van der Waals surface area (Å²) >= 11 is 0. The predicted molar refractivity (Wildman–Crippen MR) is 96.2 cm³/mol. The van der Waals surface area contributed by atoms with Gasteiger partial charge in [0.05, 0.1) is 18.8 Å². The molecule has 0 aromatic heterocycles. The first kappa shape index (κ1) is 19.7. The van der Waals surface area contributed by atoms with E-state index in [2.05, 4.69) is 0 Å². The zero-order valence-corrected chi connectivity index (χ0v) is 15.6. The first-order chi connectivity index (χ1) is 12.6. The fourth-order valence-corrected chi connectivity index (χ4v) is 4.58. The third-order valence-corrected chi connectivity index (χ3v) is 6.16. The molecule has 11 heteroatoms. The Bertz CT molecular complexity index is 1120. The molecule has 3 rings (SSSR count). The van der Waals surface area contributed by atoms with E-state index in [0.29, 0.717) is 36.9 Å². The van der Waals surface area contributed by atoms with Crippen LogP contribution in [0, 0.1) is 5.21 Å². The molecule has 1 aliphatic heterocycles. The van der Waals surface area contributed by atoms with Crippen molar-refractivity contribution in [3.63, 3.8) is 0 Å². The molecule has 2 aromatic carbocycles. The van der Waals surface area contributed by atoms with Gasteiger partial charge in [0, 0.05) is 18.2 Å². The third kappa shape index (κ3) is 4.12. The highest BCUT2D eigenvalue weighted by atomic mass is 32.2. The summed E-state index contributed by atoms with van der Waals surface area (Å²) in [5.74, 6) is 0. The molecule has 1 aliphatic rings. The van der Waals surface area contributed by atoms with E-state index in [9.17, 15) is 31.1 Å². The lowest BCUT2D eigenvalue weighted by Crippen LogP contribution is -2.30. The normalized spacial score (nSPS) is 17.3. The van der Waals surface area contributed by atoms with Gasteiger partial charge in [-0.2, -0.15) is 16.8 Å². The summed E-state index contributed by atoms with van der Waals surface area (Å²) in [5.41, 5.74) is -0.151. The van der Waals surface area contributed by atoms with Gasteiger partial charge in [-0.05, 0) is 11.5 Å². The van der Waals surface area contributed by atoms with Crippen LogP contribution in [-0.2, 0) is 25.0 Å². The van der Waals surface area contributed by atoms with Crippen LogP contribution in [0.5, 0.6) is 0 Å². The number of rotatable bonds is 4. The maximum atomic E-state index is 12.5. The van der Waals surface area contributed by atoms with Crippen LogP contribution >= 0.6 is 0 Å². The average molecular weight is 415 g/mol. The van der Waals surface area contributed by atoms with Crippen LogP contribution in [0.2, 0.25) is 0 Å². The van der Waals surface area contributed by atoms with E-state index < -0.39 is 36.1 Å². The van der Waals surface area contributed by atoms with Crippen molar-refractivity contribution in [2.24, 2.45) is 0 Å². The largest absolute Gasteiger partial charge is 0.624 e. The maximum Gasteiger partial charge on any atom is 0.295 e. The van der Waals surface area contributed by atoms with Crippen molar-refractivity contribution in [1.82, 2.24) is 0 Å². The lowest BCUT2D eigenvalue weighted by molar-refractivity contribution is -0.503. The summed E-state index contributed by atoms with van der Waals surface area (Å²) in [6.45, 7) is 0.787. The van der Waals surface area contributed by atoms with Crippen LogP contribution in [0.1, 0.15) is 18.4 Å². The fraction of sp³-hybridized carbons (Fsp3) is 0.312. The Hall–Kier alpha value is -2.05. The van der Waals surface area contributed by atoms with Crippen LogP contribution in [0.3, 0.4) is 0 Å². The highest BCUT2D eigenvalue weighted by Gasteiger charge is 2.27. The molecule has 146 valence electrons. The van der Waals surface area contributed by atoms with Crippen molar-refractivity contribution in [3.05, 3.63) is 41.1 Å². The van der Waals surface area contributed by atoms with Gasteiger partial charge in [-0.25, -0.2) is 4.74 Å². The van der Waals surface area contributed by atoms with Crippen LogP contribution < -0.4 is 0 Å². The number of hydrogen-bond acceptors (Lipinski definition) is 6. The first-order valence-electron chi connectivity index (χ1n) is 7.98. The lowest BCUT2D eigenvalue weighted by Gasteiger charge is -2.21. The highest BCUT2D eigenvalue weighted by Crippen LogP contribution is 2.31. The van der Waals surface area contributed by atoms with Gasteiger partial charge < -0.3 is 9.94 Å². The van der Waals surface area contributed by atoms with Gasteiger partial charge in [0.25, 0.3) is 20.2 Å². The van der Waals surface area contributed by atoms with E-state index in [4.69, 9.17) is 4.74 Å². The van der Waals surface area contributed by atoms with Gasteiger partial charge in [-0.15, -0.1) is 0 Å². The number of ether oxygens (including phenoxy) is 1. The maximum absolute atomic E-state index is 12.5. The second-order valence-electron chi connectivity index (χ2n) is 6.11. The van der Waals surface area contributed by atoms with Crippen LogP contribution in [0.15, 0.2) is 40.1 Å². The van der Waals surface area contributed by atoms with Crippen LogP contribution in [0.25, 0.3) is 10.8 Å². The Kier molecular flexibility index (Phi) is 5.23. The van der Waals surface area contributed by atoms with Crippen molar-refractivity contribution in [2.45, 2.75) is 28.7 Å². The summed E-state index contributed by atoms with van der Waals surface area (Å²) < 4.78 is 71.9.